The summed E-state index contributed by atoms with van der Waals surface area (Å²) in [4.78, 5) is 54.6. The van der Waals surface area contributed by atoms with Crippen LogP contribution in [0.15, 0.2) is 47.4 Å². The maximum atomic E-state index is 13.5. The fraction of sp³-hybridized carbons (Fsp3) is 0.606. The minimum Gasteiger partial charge on any atom is -0.463 e. The molecule has 266 valence electrons. The SMILES string of the molecule is CNC(=O)CCC(=O)OCC(SC1CO[Si](C(C)C)(C(C)C)O[Si](C(C)C)(C(C)C)OC1)n1ccc(NC(=O)c2ccccc2)nc1=O. The second kappa shape index (κ2) is 17.7. The summed E-state index contributed by atoms with van der Waals surface area (Å²) in [6.45, 7) is 17.7. The van der Waals surface area contributed by atoms with Crippen LogP contribution in [0.25, 0.3) is 0 Å². The Balaban J connectivity index is 1.94. The number of anilines is 1. The van der Waals surface area contributed by atoms with Crippen LogP contribution in [0.2, 0.25) is 22.2 Å². The lowest BCUT2D eigenvalue weighted by molar-refractivity contribution is -0.145. The van der Waals surface area contributed by atoms with E-state index in [0.717, 1.165) is 0 Å². The minimum absolute atomic E-state index is 0.0109. The smallest absolute Gasteiger partial charge is 0.350 e. The molecule has 1 saturated heterocycles. The number of hydrogen-bond donors (Lipinski definition) is 2. The molecule has 3 rings (SSSR count). The van der Waals surface area contributed by atoms with Crippen LogP contribution in [0, 0.1) is 0 Å². The number of carbonyl (C=O) groups is 3. The first-order chi connectivity index (χ1) is 22.6. The first-order valence-corrected chi connectivity index (χ1v) is 21.5. The van der Waals surface area contributed by atoms with Crippen molar-refractivity contribution in [3.05, 3.63) is 58.6 Å². The van der Waals surface area contributed by atoms with Crippen molar-refractivity contribution in [3.8, 4) is 0 Å². The molecule has 2 heterocycles. The molecule has 2 amide bonds. The molecule has 2 N–H and O–H groups in total. The summed E-state index contributed by atoms with van der Waals surface area (Å²) in [5, 5.41) is 4.22. The van der Waals surface area contributed by atoms with Gasteiger partial charge in [0.15, 0.2) is 0 Å². The topological polar surface area (TPSA) is 147 Å². The van der Waals surface area contributed by atoms with Crippen molar-refractivity contribution in [3.63, 3.8) is 0 Å². The predicted octanol–water partition coefficient (Wildman–Crippen LogP) is 5.75. The summed E-state index contributed by atoms with van der Waals surface area (Å²) < 4.78 is 28.0. The lowest BCUT2D eigenvalue weighted by Gasteiger charge is -2.50. The van der Waals surface area contributed by atoms with Crippen LogP contribution < -0.4 is 16.3 Å². The summed E-state index contributed by atoms with van der Waals surface area (Å²) in [5.41, 5.74) is 0.456. The zero-order valence-electron chi connectivity index (χ0n) is 29.6. The highest BCUT2D eigenvalue weighted by Gasteiger charge is 2.57. The van der Waals surface area contributed by atoms with Gasteiger partial charge in [-0.2, -0.15) is 4.98 Å². The molecular formula is C33H52N4O8SSi2. The third-order valence-electron chi connectivity index (χ3n) is 8.52. The van der Waals surface area contributed by atoms with Crippen LogP contribution in [-0.2, 0) is 27.3 Å². The molecule has 1 fully saturated rings. The highest BCUT2D eigenvalue weighted by atomic mass is 32.2. The quantitative estimate of drug-likeness (QED) is 0.183. The standard InChI is InChI=1S/C33H52N4O8SSi2/c1-22(2)47(23(3)4)43-19-27(20-44-48(45-47,24(5)6)25(7)8)46-30(21-42-31(39)16-15-29(38)34-9)37-18-17-28(36-33(37)41)35-32(40)26-13-11-10-12-14-26/h10-14,17-18,22-25,27,30H,15-16,19-21H2,1-9H3,(H,34,38)(H,35,36,40,41). The number of rotatable bonds is 14. The lowest BCUT2D eigenvalue weighted by Crippen LogP contribution is -2.63. The van der Waals surface area contributed by atoms with Crippen LogP contribution in [0.1, 0.15) is 84.0 Å². The maximum Gasteiger partial charge on any atom is 0.350 e. The van der Waals surface area contributed by atoms with E-state index in [2.05, 4.69) is 71.0 Å². The Morgan fingerprint density at radius 1 is 0.917 bits per heavy atom. The van der Waals surface area contributed by atoms with Crippen molar-refractivity contribution in [2.24, 2.45) is 0 Å². The van der Waals surface area contributed by atoms with Gasteiger partial charge in [-0.05, 0) is 40.4 Å². The summed E-state index contributed by atoms with van der Waals surface area (Å²) in [6.07, 6.45) is 1.42. The number of amides is 2. The zero-order chi connectivity index (χ0) is 35.6. The van der Waals surface area contributed by atoms with Gasteiger partial charge >= 0.3 is 28.8 Å². The fourth-order valence-corrected chi connectivity index (χ4v) is 18.4. The van der Waals surface area contributed by atoms with Crippen molar-refractivity contribution in [1.82, 2.24) is 14.9 Å². The van der Waals surface area contributed by atoms with Crippen LogP contribution in [0.4, 0.5) is 5.82 Å². The molecule has 1 aromatic heterocycles. The van der Waals surface area contributed by atoms with Gasteiger partial charge in [0.2, 0.25) is 5.91 Å². The molecule has 1 unspecified atom stereocenters. The van der Waals surface area contributed by atoms with E-state index in [4.69, 9.17) is 17.7 Å². The van der Waals surface area contributed by atoms with Crippen LogP contribution >= 0.6 is 11.8 Å². The van der Waals surface area contributed by atoms with Crippen molar-refractivity contribution in [1.29, 1.82) is 0 Å². The van der Waals surface area contributed by atoms with Crippen molar-refractivity contribution >= 4 is 52.5 Å². The normalized spacial score (nSPS) is 17.2. The van der Waals surface area contributed by atoms with Crippen molar-refractivity contribution in [2.45, 2.75) is 101 Å². The number of thioether (sulfide) groups is 1. The Bertz CT molecular complexity index is 1390. The second-order valence-electron chi connectivity index (χ2n) is 13.2. The average molecular weight is 721 g/mol. The van der Waals surface area contributed by atoms with Crippen molar-refractivity contribution in [2.75, 3.05) is 32.2 Å². The highest BCUT2D eigenvalue weighted by Crippen LogP contribution is 2.46. The summed E-state index contributed by atoms with van der Waals surface area (Å²) in [7, 11) is -4.09. The maximum absolute atomic E-state index is 13.5. The summed E-state index contributed by atoms with van der Waals surface area (Å²) >= 11 is 1.41. The molecule has 1 atom stereocenters. The van der Waals surface area contributed by atoms with E-state index in [-0.39, 0.29) is 58.6 Å². The number of nitrogens with one attached hydrogen (secondary N) is 2. The molecule has 12 nitrogen and oxygen atoms in total. The molecule has 0 spiro atoms. The number of hydrogen-bond acceptors (Lipinski definition) is 10. The lowest BCUT2D eigenvalue weighted by atomic mass is 10.2. The average Bonchev–Trinajstić information content (AvgIpc) is 3.03. The van der Waals surface area contributed by atoms with Gasteiger partial charge in [0, 0.05) is 25.2 Å². The highest BCUT2D eigenvalue weighted by molar-refractivity contribution is 8.00. The van der Waals surface area contributed by atoms with Gasteiger partial charge in [0.1, 0.15) is 17.8 Å². The van der Waals surface area contributed by atoms with Gasteiger partial charge in [0.05, 0.1) is 24.9 Å². The van der Waals surface area contributed by atoms with E-state index in [1.54, 1.807) is 30.3 Å². The first kappa shape index (κ1) is 39.6. The largest absolute Gasteiger partial charge is 0.463 e. The number of esters is 1. The molecule has 2 aromatic rings. The second-order valence-corrected chi connectivity index (χ2v) is 23.6. The molecule has 0 radical (unpaired) electrons. The Morgan fingerprint density at radius 2 is 1.48 bits per heavy atom. The predicted molar refractivity (Wildman–Crippen MR) is 192 cm³/mol. The zero-order valence-corrected chi connectivity index (χ0v) is 32.4. The molecule has 15 heteroatoms. The number of ether oxygens (including phenoxy) is 1. The third-order valence-corrected chi connectivity index (χ3v) is 20.1. The van der Waals surface area contributed by atoms with Gasteiger partial charge in [-0.3, -0.25) is 19.0 Å². The fourth-order valence-electron chi connectivity index (χ4n) is 5.82. The third kappa shape index (κ3) is 9.88. The molecule has 1 aromatic carbocycles. The Labute approximate surface area is 290 Å². The molecule has 1 aliphatic rings. The Kier molecular flexibility index (Phi) is 14.6. The first-order valence-electron chi connectivity index (χ1n) is 16.6. The Morgan fingerprint density at radius 3 is 1.98 bits per heavy atom. The minimum atomic E-state index is -2.80. The number of carbonyl (C=O) groups excluding carboxylic acids is 3. The monoisotopic (exact) mass is 720 g/mol. The van der Waals surface area contributed by atoms with Gasteiger partial charge in [-0.25, -0.2) is 4.79 Å². The van der Waals surface area contributed by atoms with E-state index < -0.39 is 40.1 Å². The summed E-state index contributed by atoms with van der Waals surface area (Å²) in [5.74, 6) is -1.13. The summed E-state index contributed by atoms with van der Waals surface area (Å²) in [6, 6.07) is 10.2. The molecule has 0 bridgehead atoms. The van der Waals surface area contributed by atoms with Gasteiger partial charge in [-0.1, -0.05) is 73.6 Å². The molecule has 0 aliphatic carbocycles. The van der Waals surface area contributed by atoms with E-state index in [1.807, 2.05) is 0 Å². The molecule has 1 aliphatic heterocycles. The Hall–Kier alpha value is -2.83. The van der Waals surface area contributed by atoms with Crippen LogP contribution in [-0.4, -0.2) is 76.6 Å². The van der Waals surface area contributed by atoms with Gasteiger partial charge < -0.3 is 28.3 Å². The molecule has 0 saturated carbocycles. The van der Waals surface area contributed by atoms with Gasteiger partial charge in [-0.15, -0.1) is 11.8 Å². The van der Waals surface area contributed by atoms with E-state index in [0.29, 0.717) is 18.8 Å². The van der Waals surface area contributed by atoms with E-state index in [9.17, 15) is 19.2 Å². The van der Waals surface area contributed by atoms with Crippen LogP contribution in [0.5, 0.6) is 0 Å². The van der Waals surface area contributed by atoms with E-state index >= 15 is 0 Å². The number of benzene rings is 1. The van der Waals surface area contributed by atoms with E-state index in [1.165, 1.54) is 35.6 Å². The van der Waals surface area contributed by atoms with Crippen LogP contribution in [0.3, 0.4) is 0 Å². The van der Waals surface area contributed by atoms with Crippen molar-refractivity contribution < 1.29 is 32.1 Å². The molecule has 48 heavy (non-hydrogen) atoms. The van der Waals surface area contributed by atoms with Gasteiger partial charge in [0.25, 0.3) is 5.91 Å². The molecular weight excluding hydrogens is 669 g/mol. The number of nitrogens with zero attached hydrogens (tertiary/aromatic N) is 2. The number of aromatic nitrogens is 2.